The van der Waals surface area contributed by atoms with Crippen LogP contribution in [0.5, 0.6) is 5.75 Å². The van der Waals surface area contributed by atoms with Crippen molar-refractivity contribution in [3.8, 4) is 5.75 Å². The largest absolute Gasteiger partial charge is 0.493 e. The molecule has 1 aliphatic heterocycles. The van der Waals surface area contributed by atoms with Gasteiger partial charge in [0.05, 0.1) is 23.5 Å². The number of fused-ring (bicyclic) bond motifs is 1. The maximum absolute atomic E-state index is 10.7. The Balaban J connectivity index is 1.87. The molecule has 112 valence electrons. The first-order valence-electron chi connectivity index (χ1n) is 7.19. The molecule has 0 bridgehead atoms. The Hall–Kier alpha value is -1.52. The first kappa shape index (κ1) is 14.4. The fraction of sp³-hybridized carbons (Fsp3) is 0.438. The minimum Gasteiger partial charge on any atom is -0.493 e. The van der Waals surface area contributed by atoms with Crippen molar-refractivity contribution in [3.05, 3.63) is 46.7 Å². The zero-order valence-corrected chi connectivity index (χ0v) is 12.9. The molecule has 1 N–H and O–H groups in total. The van der Waals surface area contributed by atoms with E-state index in [1.54, 1.807) is 10.9 Å². The third kappa shape index (κ3) is 2.65. The lowest BCUT2D eigenvalue weighted by molar-refractivity contribution is 0.0570. The van der Waals surface area contributed by atoms with Crippen LogP contribution in [0.15, 0.2) is 30.5 Å². The Morgan fingerprint density at radius 2 is 2.14 bits per heavy atom. The quantitative estimate of drug-likeness (QED) is 0.945. The number of hydrogen-bond acceptors (Lipinski definition) is 3. The fourth-order valence-corrected chi connectivity index (χ4v) is 3.06. The second-order valence-electron chi connectivity index (χ2n) is 5.74. The summed E-state index contributed by atoms with van der Waals surface area (Å²) in [6.45, 7) is 4.52. The number of benzene rings is 1. The third-order valence-electron chi connectivity index (χ3n) is 3.91. The van der Waals surface area contributed by atoms with Gasteiger partial charge in [-0.15, -0.1) is 0 Å². The monoisotopic (exact) mass is 306 g/mol. The number of halogens is 1. The van der Waals surface area contributed by atoms with Crippen LogP contribution in [0.2, 0.25) is 5.02 Å². The van der Waals surface area contributed by atoms with Crippen molar-refractivity contribution in [2.75, 3.05) is 6.61 Å². The molecule has 1 aromatic heterocycles. The molecule has 2 aromatic rings. The highest BCUT2D eigenvalue weighted by molar-refractivity contribution is 6.31. The van der Waals surface area contributed by atoms with Crippen LogP contribution in [0.3, 0.4) is 0 Å². The van der Waals surface area contributed by atoms with Crippen molar-refractivity contribution < 1.29 is 9.84 Å². The highest BCUT2D eigenvalue weighted by atomic mass is 35.5. The second kappa shape index (κ2) is 5.70. The summed E-state index contributed by atoms with van der Waals surface area (Å²) in [6, 6.07) is 8.10. The summed E-state index contributed by atoms with van der Waals surface area (Å²) in [5, 5.41) is 15.5. The normalized spacial score (nSPS) is 19.2. The van der Waals surface area contributed by atoms with Gasteiger partial charge in [0.25, 0.3) is 0 Å². The van der Waals surface area contributed by atoms with E-state index < -0.39 is 6.10 Å². The van der Waals surface area contributed by atoms with Gasteiger partial charge in [-0.1, -0.05) is 29.8 Å². The molecule has 0 radical (unpaired) electrons. The maximum atomic E-state index is 10.7. The molecular weight excluding hydrogens is 288 g/mol. The number of aliphatic hydroxyl groups excluding tert-OH is 1. The molecule has 2 heterocycles. The van der Waals surface area contributed by atoms with Crippen molar-refractivity contribution in [3.63, 3.8) is 0 Å². The lowest BCUT2D eigenvalue weighted by Gasteiger charge is -2.29. The lowest BCUT2D eigenvalue weighted by Crippen LogP contribution is -2.28. The highest BCUT2D eigenvalue weighted by Crippen LogP contribution is 2.36. The van der Waals surface area contributed by atoms with Crippen LogP contribution in [-0.4, -0.2) is 21.5 Å². The molecule has 2 unspecified atom stereocenters. The van der Waals surface area contributed by atoms with Gasteiger partial charge in [0, 0.05) is 12.0 Å². The van der Waals surface area contributed by atoms with Gasteiger partial charge in [0.2, 0.25) is 0 Å². The molecule has 0 amide bonds. The number of rotatable bonds is 3. The predicted molar refractivity (Wildman–Crippen MR) is 81.7 cm³/mol. The minimum atomic E-state index is -0.684. The lowest BCUT2D eigenvalue weighted by atomic mass is 9.90. The molecule has 0 saturated carbocycles. The van der Waals surface area contributed by atoms with E-state index in [9.17, 15) is 5.11 Å². The molecule has 0 aliphatic carbocycles. The molecule has 4 nitrogen and oxygen atoms in total. The molecule has 5 heteroatoms. The zero-order valence-electron chi connectivity index (χ0n) is 12.2. The SMILES string of the molecule is CC(C)n1ncc(Cl)c1C(O)C1COc2ccccc2C1. The molecule has 1 aromatic carbocycles. The first-order valence-corrected chi connectivity index (χ1v) is 7.57. The minimum absolute atomic E-state index is 0.0217. The van der Waals surface area contributed by atoms with E-state index in [1.165, 1.54) is 0 Å². The van der Waals surface area contributed by atoms with Crippen LogP contribution in [0, 0.1) is 5.92 Å². The van der Waals surface area contributed by atoms with E-state index in [4.69, 9.17) is 16.3 Å². The first-order chi connectivity index (χ1) is 10.1. The van der Waals surface area contributed by atoms with Crippen LogP contribution >= 0.6 is 11.6 Å². The molecule has 0 saturated heterocycles. The molecular formula is C16H19ClN2O2. The zero-order chi connectivity index (χ0) is 15.0. The molecule has 2 atom stereocenters. The topological polar surface area (TPSA) is 47.3 Å². The van der Waals surface area contributed by atoms with Crippen LogP contribution in [0.25, 0.3) is 0 Å². The van der Waals surface area contributed by atoms with E-state index in [1.807, 2.05) is 38.1 Å². The number of ether oxygens (including phenoxy) is 1. The summed E-state index contributed by atoms with van der Waals surface area (Å²) in [6.07, 6.45) is 1.69. The van der Waals surface area contributed by atoms with Gasteiger partial charge in [0.1, 0.15) is 11.9 Å². The molecule has 21 heavy (non-hydrogen) atoms. The number of aliphatic hydroxyl groups is 1. The Labute approximate surface area is 129 Å². The van der Waals surface area contributed by atoms with Crippen LogP contribution < -0.4 is 4.74 Å². The smallest absolute Gasteiger partial charge is 0.122 e. The van der Waals surface area contributed by atoms with Crippen molar-refractivity contribution >= 4 is 11.6 Å². The van der Waals surface area contributed by atoms with E-state index in [-0.39, 0.29) is 12.0 Å². The summed E-state index contributed by atoms with van der Waals surface area (Å²) in [4.78, 5) is 0. The summed E-state index contributed by atoms with van der Waals surface area (Å²) in [5.74, 6) is 0.885. The average molecular weight is 307 g/mol. The van der Waals surface area contributed by atoms with Gasteiger partial charge >= 0.3 is 0 Å². The molecule has 1 aliphatic rings. The van der Waals surface area contributed by atoms with Crippen LogP contribution in [-0.2, 0) is 6.42 Å². The Morgan fingerprint density at radius 1 is 1.38 bits per heavy atom. The average Bonchev–Trinajstić information content (AvgIpc) is 2.88. The van der Waals surface area contributed by atoms with Crippen LogP contribution in [0.1, 0.15) is 37.3 Å². The molecule has 0 spiro atoms. The van der Waals surface area contributed by atoms with Gasteiger partial charge in [-0.05, 0) is 31.9 Å². The van der Waals surface area contributed by atoms with Crippen molar-refractivity contribution in [2.24, 2.45) is 5.92 Å². The number of nitrogens with zero attached hydrogens (tertiary/aromatic N) is 2. The Bertz CT molecular complexity index is 639. The van der Waals surface area contributed by atoms with E-state index >= 15 is 0 Å². The number of hydrogen-bond donors (Lipinski definition) is 1. The number of para-hydroxylation sites is 1. The fourth-order valence-electron chi connectivity index (χ4n) is 2.82. The van der Waals surface area contributed by atoms with Gasteiger partial charge in [-0.2, -0.15) is 5.10 Å². The van der Waals surface area contributed by atoms with Crippen LogP contribution in [0.4, 0.5) is 0 Å². The maximum Gasteiger partial charge on any atom is 0.122 e. The van der Waals surface area contributed by atoms with Gasteiger partial charge in [0.15, 0.2) is 0 Å². The predicted octanol–water partition coefficient (Wildman–Crippen LogP) is 3.40. The Kier molecular flexibility index (Phi) is 3.91. The Morgan fingerprint density at radius 3 is 2.90 bits per heavy atom. The summed E-state index contributed by atoms with van der Waals surface area (Å²) in [7, 11) is 0. The van der Waals surface area contributed by atoms with Gasteiger partial charge in [-0.3, -0.25) is 4.68 Å². The summed E-state index contributed by atoms with van der Waals surface area (Å²) >= 11 is 6.22. The second-order valence-corrected chi connectivity index (χ2v) is 6.15. The van der Waals surface area contributed by atoms with Crippen molar-refractivity contribution in [2.45, 2.75) is 32.4 Å². The van der Waals surface area contributed by atoms with E-state index in [2.05, 4.69) is 5.10 Å². The highest BCUT2D eigenvalue weighted by Gasteiger charge is 2.31. The van der Waals surface area contributed by atoms with Crippen molar-refractivity contribution in [1.82, 2.24) is 9.78 Å². The summed E-state index contributed by atoms with van der Waals surface area (Å²) < 4.78 is 7.55. The van der Waals surface area contributed by atoms with Gasteiger partial charge < -0.3 is 9.84 Å². The van der Waals surface area contributed by atoms with E-state index in [0.29, 0.717) is 17.3 Å². The third-order valence-corrected chi connectivity index (χ3v) is 4.20. The standard InChI is InChI=1S/C16H19ClN2O2/c1-10(2)19-15(13(17)8-18-19)16(20)12-7-11-5-3-4-6-14(11)21-9-12/h3-6,8,10,12,16,20H,7,9H2,1-2H3. The summed E-state index contributed by atoms with van der Waals surface area (Å²) in [5.41, 5.74) is 1.80. The van der Waals surface area contributed by atoms with Gasteiger partial charge in [-0.25, -0.2) is 0 Å². The molecule has 3 rings (SSSR count). The van der Waals surface area contributed by atoms with E-state index in [0.717, 1.165) is 17.7 Å². The van der Waals surface area contributed by atoms with Crippen molar-refractivity contribution in [1.29, 1.82) is 0 Å². The number of aromatic nitrogens is 2. The molecule has 0 fully saturated rings.